The molecule has 0 unspecified atom stereocenters. The van der Waals surface area contributed by atoms with Gasteiger partial charge in [-0.3, -0.25) is 0 Å². The van der Waals surface area contributed by atoms with Crippen molar-refractivity contribution < 1.29 is 0 Å². The van der Waals surface area contributed by atoms with E-state index in [4.69, 9.17) is 4.98 Å². The lowest BCUT2D eigenvalue weighted by Crippen LogP contribution is -2.15. The van der Waals surface area contributed by atoms with E-state index in [9.17, 15) is 0 Å². The largest absolute Gasteiger partial charge is 0.373 e. The Morgan fingerprint density at radius 2 is 1.70 bits per heavy atom. The van der Waals surface area contributed by atoms with Crippen LogP contribution in [-0.4, -0.2) is 17.0 Å². The number of hydrogen-bond acceptors (Lipinski definition) is 3. The van der Waals surface area contributed by atoms with Crippen molar-refractivity contribution in [1.82, 2.24) is 9.97 Å². The average Bonchev–Trinajstić information content (AvgIpc) is 2.40. The molecule has 0 aliphatic rings. The highest BCUT2D eigenvalue weighted by atomic mass is 15.0. The van der Waals surface area contributed by atoms with E-state index in [1.807, 2.05) is 13.1 Å². The Morgan fingerprint density at radius 1 is 1.00 bits per heavy atom. The molecule has 3 nitrogen and oxygen atoms in total. The number of aromatic nitrogens is 2. The van der Waals surface area contributed by atoms with Gasteiger partial charge in [-0.05, 0) is 25.5 Å². The summed E-state index contributed by atoms with van der Waals surface area (Å²) in [5, 5.41) is 3.13. The van der Waals surface area contributed by atoms with Crippen molar-refractivity contribution in [3.63, 3.8) is 0 Å². The van der Waals surface area contributed by atoms with E-state index in [-0.39, 0.29) is 5.41 Å². The molecule has 0 aliphatic heterocycles. The standard InChI is InChI=1S/C17H23N3/c1-11-7-8-12(2)13(9-11)16-19-14(17(3,4)5)10-15(18-6)20-16/h7-10H,1-6H3,(H,18,19,20). The van der Waals surface area contributed by atoms with Crippen molar-refractivity contribution in [3.05, 3.63) is 41.1 Å². The van der Waals surface area contributed by atoms with Gasteiger partial charge in [-0.1, -0.05) is 38.5 Å². The van der Waals surface area contributed by atoms with Gasteiger partial charge in [0.1, 0.15) is 5.82 Å². The lowest BCUT2D eigenvalue weighted by molar-refractivity contribution is 0.568. The zero-order valence-electron chi connectivity index (χ0n) is 13.2. The third kappa shape index (κ3) is 2.98. The molecule has 0 radical (unpaired) electrons. The Balaban J connectivity index is 2.64. The van der Waals surface area contributed by atoms with E-state index in [0.29, 0.717) is 0 Å². The average molecular weight is 269 g/mol. The minimum absolute atomic E-state index is 0.00101. The first-order chi connectivity index (χ1) is 9.31. The SMILES string of the molecule is CNc1cc(C(C)(C)C)nc(-c2cc(C)ccc2C)n1. The fraction of sp³-hybridized carbons (Fsp3) is 0.412. The van der Waals surface area contributed by atoms with Gasteiger partial charge in [0.15, 0.2) is 5.82 Å². The van der Waals surface area contributed by atoms with Gasteiger partial charge in [-0.2, -0.15) is 0 Å². The maximum absolute atomic E-state index is 4.77. The normalized spacial score (nSPS) is 11.5. The van der Waals surface area contributed by atoms with Crippen LogP contribution in [0.4, 0.5) is 5.82 Å². The molecule has 106 valence electrons. The molecular formula is C17H23N3. The Bertz CT molecular complexity index is 625. The van der Waals surface area contributed by atoms with Gasteiger partial charge in [-0.25, -0.2) is 9.97 Å². The molecule has 20 heavy (non-hydrogen) atoms. The Kier molecular flexibility index (Phi) is 3.80. The van der Waals surface area contributed by atoms with Crippen LogP contribution in [0.3, 0.4) is 0 Å². The highest BCUT2D eigenvalue weighted by Crippen LogP contribution is 2.27. The molecular weight excluding hydrogens is 246 g/mol. The van der Waals surface area contributed by atoms with Crippen molar-refractivity contribution in [3.8, 4) is 11.4 Å². The third-order valence-electron chi connectivity index (χ3n) is 3.38. The Morgan fingerprint density at radius 3 is 2.30 bits per heavy atom. The lowest BCUT2D eigenvalue weighted by atomic mass is 9.91. The van der Waals surface area contributed by atoms with E-state index in [2.05, 4.69) is 63.1 Å². The second-order valence-corrected chi connectivity index (χ2v) is 6.28. The first kappa shape index (κ1) is 14.5. The fourth-order valence-electron chi connectivity index (χ4n) is 2.06. The number of hydrogen-bond donors (Lipinski definition) is 1. The summed E-state index contributed by atoms with van der Waals surface area (Å²) in [5.74, 6) is 1.66. The van der Waals surface area contributed by atoms with Gasteiger partial charge in [0, 0.05) is 24.1 Å². The highest BCUT2D eigenvalue weighted by molar-refractivity contribution is 5.63. The Hall–Kier alpha value is -1.90. The zero-order valence-corrected chi connectivity index (χ0v) is 13.2. The summed E-state index contributed by atoms with van der Waals surface area (Å²) in [5.41, 5.74) is 4.58. The third-order valence-corrected chi connectivity index (χ3v) is 3.38. The number of rotatable bonds is 2. The molecule has 0 atom stereocenters. The second kappa shape index (κ2) is 5.23. The minimum Gasteiger partial charge on any atom is -0.373 e. The predicted molar refractivity (Wildman–Crippen MR) is 85.2 cm³/mol. The summed E-state index contributed by atoms with van der Waals surface area (Å²) < 4.78 is 0. The first-order valence-electron chi connectivity index (χ1n) is 6.96. The quantitative estimate of drug-likeness (QED) is 0.892. The van der Waals surface area contributed by atoms with E-state index in [1.54, 1.807) is 0 Å². The molecule has 1 aromatic heterocycles. The molecule has 1 heterocycles. The van der Waals surface area contributed by atoms with E-state index in [1.165, 1.54) is 11.1 Å². The van der Waals surface area contributed by atoms with E-state index >= 15 is 0 Å². The molecule has 0 saturated heterocycles. The number of nitrogens with one attached hydrogen (secondary N) is 1. The maximum Gasteiger partial charge on any atom is 0.162 e. The van der Waals surface area contributed by atoms with Crippen LogP contribution in [0.15, 0.2) is 24.3 Å². The highest BCUT2D eigenvalue weighted by Gasteiger charge is 2.18. The molecule has 0 aliphatic carbocycles. The van der Waals surface area contributed by atoms with Gasteiger partial charge in [0.2, 0.25) is 0 Å². The van der Waals surface area contributed by atoms with E-state index < -0.39 is 0 Å². The molecule has 0 fully saturated rings. The van der Waals surface area contributed by atoms with Crippen LogP contribution >= 0.6 is 0 Å². The molecule has 3 heteroatoms. The smallest absolute Gasteiger partial charge is 0.162 e. The predicted octanol–water partition coefficient (Wildman–Crippen LogP) is 4.10. The molecule has 1 aromatic carbocycles. The molecule has 0 amide bonds. The number of anilines is 1. The Labute approximate surface area is 121 Å². The zero-order chi connectivity index (χ0) is 14.9. The summed E-state index contributed by atoms with van der Waals surface area (Å²) in [6.45, 7) is 10.7. The topological polar surface area (TPSA) is 37.8 Å². The number of benzene rings is 1. The van der Waals surface area contributed by atoms with Crippen LogP contribution in [-0.2, 0) is 5.41 Å². The summed E-state index contributed by atoms with van der Waals surface area (Å²) in [6.07, 6.45) is 0. The van der Waals surface area contributed by atoms with Gasteiger partial charge in [0.05, 0.1) is 5.69 Å². The van der Waals surface area contributed by atoms with Crippen LogP contribution in [0.2, 0.25) is 0 Å². The van der Waals surface area contributed by atoms with Gasteiger partial charge < -0.3 is 5.32 Å². The molecule has 0 bridgehead atoms. The van der Waals surface area contributed by atoms with Crippen LogP contribution in [0.25, 0.3) is 11.4 Å². The maximum atomic E-state index is 4.77. The number of aryl methyl sites for hydroxylation is 2. The molecule has 2 aromatic rings. The van der Waals surface area contributed by atoms with Gasteiger partial charge in [0.25, 0.3) is 0 Å². The van der Waals surface area contributed by atoms with Crippen molar-refractivity contribution in [1.29, 1.82) is 0 Å². The molecule has 1 N–H and O–H groups in total. The van der Waals surface area contributed by atoms with Crippen molar-refractivity contribution in [2.24, 2.45) is 0 Å². The van der Waals surface area contributed by atoms with Crippen molar-refractivity contribution in [2.45, 2.75) is 40.0 Å². The first-order valence-corrected chi connectivity index (χ1v) is 6.96. The minimum atomic E-state index is 0.00101. The van der Waals surface area contributed by atoms with Crippen LogP contribution in [0.1, 0.15) is 37.6 Å². The summed E-state index contributed by atoms with van der Waals surface area (Å²) in [4.78, 5) is 9.39. The molecule has 0 spiro atoms. The summed E-state index contributed by atoms with van der Waals surface area (Å²) in [6, 6.07) is 8.41. The monoisotopic (exact) mass is 269 g/mol. The number of nitrogens with zero attached hydrogens (tertiary/aromatic N) is 2. The van der Waals surface area contributed by atoms with Gasteiger partial charge in [-0.15, -0.1) is 0 Å². The van der Waals surface area contributed by atoms with Crippen LogP contribution in [0, 0.1) is 13.8 Å². The van der Waals surface area contributed by atoms with E-state index in [0.717, 1.165) is 22.9 Å². The van der Waals surface area contributed by atoms with Crippen molar-refractivity contribution >= 4 is 5.82 Å². The van der Waals surface area contributed by atoms with Crippen molar-refractivity contribution in [2.75, 3.05) is 12.4 Å². The lowest BCUT2D eigenvalue weighted by Gasteiger charge is -2.20. The van der Waals surface area contributed by atoms with Gasteiger partial charge >= 0.3 is 0 Å². The van der Waals surface area contributed by atoms with Crippen LogP contribution < -0.4 is 5.32 Å². The summed E-state index contributed by atoms with van der Waals surface area (Å²) in [7, 11) is 1.89. The molecule has 2 rings (SSSR count). The molecule has 0 saturated carbocycles. The second-order valence-electron chi connectivity index (χ2n) is 6.28. The van der Waals surface area contributed by atoms with Crippen LogP contribution in [0.5, 0.6) is 0 Å². The fourth-order valence-corrected chi connectivity index (χ4v) is 2.06. The summed E-state index contributed by atoms with van der Waals surface area (Å²) >= 11 is 0.